The summed E-state index contributed by atoms with van der Waals surface area (Å²) in [6, 6.07) is 1.35. The van der Waals surface area contributed by atoms with Gasteiger partial charge in [-0.3, -0.25) is 9.80 Å². The molecule has 0 bridgehead atoms. The Balaban J connectivity index is 2.04. The smallest absolute Gasteiger partial charge is 0.0480 e. The molecule has 2 heterocycles. The van der Waals surface area contributed by atoms with Crippen LogP contribution in [0, 0.1) is 0 Å². The molecule has 0 aromatic rings. The monoisotopic (exact) mass is 269 g/mol. The summed E-state index contributed by atoms with van der Waals surface area (Å²) < 4.78 is 5.28. The van der Waals surface area contributed by atoms with Crippen LogP contribution >= 0.6 is 0 Å². The van der Waals surface area contributed by atoms with E-state index in [1.165, 1.54) is 38.9 Å². The van der Waals surface area contributed by atoms with E-state index in [0.717, 1.165) is 19.1 Å². The van der Waals surface area contributed by atoms with E-state index >= 15 is 0 Å². The van der Waals surface area contributed by atoms with E-state index in [-0.39, 0.29) is 5.54 Å². The Morgan fingerprint density at radius 3 is 2.79 bits per heavy atom. The molecule has 0 radical (unpaired) electrons. The highest BCUT2D eigenvalue weighted by molar-refractivity contribution is 4.97. The number of nitrogens with two attached hydrogens (primary N) is 1. The molecule has 2 aliphatic rings. The lowest BCUT2D eigenvalue weighted by Crippen LogP contribution is -2.66. The van der Waals surface area contributed by atoms with Crippen molar-refractivity contribution in [3.05, 3.63) is 0 Å². The Morgan fingerprint density at radius 1 is 1.32 bits per heavy atom. The third-order valence-corrected chi connectivity index (χ3v) is 5.17. The van der Waals surface area contributed by atoms with Gasteiger partial charge in [-0.1, -0.05) is 6.42 Å². The van der Waals surface area contributed by atoms with Crippen molar-refractivity contribution in [2.75, 3.05) is 39.9 Å². The molecular weight excluding hydrogens is 238 g/mol. The molecule has 0 aromatic heterocycles. The van der Waals surface area contributed by atoms with Gasteiger partial charge in [0.25, 0.3) is 0 Å². The minimum Gasteiger partial charge on any atom is -0.385 e. The van der Waals surface area contributed by atoms with Gasteiger partial charge in [0.2, 0.25) is 0 Å². The van der Waals surface area contributed by atoms with E-state index in [9.17, 15) is 0 Å². The summed E-state index contributed by atoms with van der Waals surface area (Å²) in [5, 5.41) is 0. The van der Waals surface area contributed by atoms with Crippen molar-refractivity contribution in [2.45, 2.75) is 57.2 Å². The molecule has 0 aromatic carbocycles. The second-order valence-electron chi connectivity index (χ2n) is 6.59. The molecule has 2 aliphatic heterocycles. The zero-order valence-electron chi connectivity index (χ0n) is 12.9. The van der Waals surface area contributed by atoms with E-state index in [0.29, 0.717) is 12.6 Å². The largest absolute Gasteiger partial charge is 0.385 e. The van der Waals surface area contributed by atoms with Gasteiger partial charge in [-0.25, -0.2) is 0 Å². The fraction of sp³-hybridized carbons (Fsp3) is 1.00. The maximum atomic E-state index is 6.10. The van der Waals surface area contributed by atoms with Crippen LogP contribution in [0.15, 0.2) is 0 Å². The predicted molar refractivity (Wildman–Crippen MR) is 79.3 cm³/mol. The number of fused-ring (bicyclic) bond motifs is 1. The van der Waals surface area contributed by atoms with Crippen LogP contribution in [0.2, 0.25) is 0 Å². The SMILES string of the molecule is COCCC(C)(CN)N1CC2CCCCN2CC1C. The summed E-state index contributed by atoms with van der Waals surface area (Å²) in [4.78, 5) is 5.34. The van der Waals surface area contributed by atoms with Gasteiger partial charge in [0, 0.05) is 51.0 Å². The molecule has 4 nitrogen and oxygen atoms in total. The van der Waals surface area contributed by atoms with Crippen molar-refractivity contribution >= 4 is 0 Å². The second-order valence-corrected chi connectivity index (χ2v) is 6.59. The third kappa shape index (κ3) is 3.30. The molecular formula is C15H31N3O. The number of rotatable bonds is 5. The molecule has 2 rings (SSSR count). The van der Waals surface area contributed by atoms with Gasteiger partial charge >= 0.3 is 0 Å². The zero-order valence-corrected chi connectivity index (χ0v) is 12.9. The number of piperidine rings is 1. The van der Waals surface area contributed by atoms with Crippen molar-refractivity contribution in [2.24, 2.45) is 5.73 Å². The van der Waals surface area contributed by atoms with Crippen molar-refractivity contribution < 1.29 is 4.74 Å². The fourth-order valence-corrected chi connectivity index (χ4v) is 3.79. The standard InChI is InChI=1S/C15H31N3O/c1-13-10-17-8-5-4-6-14(17)11-18(13)15(2,12-16)7-9-19-3/h13-14H,4-12,16H2,1-3H3. The highest BCUT2D eigenvalue weighted by atomic mass is 16.5. The number of nitrogens with zero attached hydrogens (tertiary/aromatic N) is 2. The average Bonchev–Trinajstić information content (AvgIpc) is 2.44. The van der Waals surface area contributed by atoms with Crippen LogP contribution in [0.4, 0.5) is 0 Å². The Hall–Kier alpha value is -0.160. The summed E-state index contributed by atoms with van der Waals surface area (Å²) in [7, 11) is 1.78. The maximum Gasteiger partial charge on any atom is 0.0480 e. The molecule has 2 fully saturated rings. The summed E-state index contributed by atoms with van der Waals surface area (Å²) in [5.74, 6) is 0. The Labute approximate surface area is 118 Å². The van der Waals surface area contributed by atoms with Gasteiger partial charge in [-0.05, 0) is 39.7 Å². The van der Waals surface area contributed by atoms with E-state index in [2.05, 4.69) is 23.6 Å². The number of methoxy groups -OCH3 is 1. The number of piperazine rings is 1. The maximum absolute atomic E-state index is 6.10. The van der Waals surface area contributed by atoms with Crippen molar-refractivity contribution in [1.82, 2.24) is 9.80 Å². The van der Waals surface area contributed by atoms with Crippen LogP contribution < -0.4 is 5.73 Å². The average molecular weight is 269 g/mol. The quantitative estimate of drug-likeness (QED) is 0.817. The molecule has 2 saturated heterocycles. The fourth-order valence-electron chi connectivity index (χ4n) is 3.79. The number of ether oxygens (including phenoxy) is 1. The van der Waals surface area contributed by atoms with Crippen LogP contribution in [-0.4, -0.2) is 67.3 Å². The van der Waals surface area contributed by atoms with Crippen molar-refractivity contribution in [3.8, 4) is 0 Å². The number of hydrogen-bond donors (Lipinski definition) is 1. The first-order valence-corrected chi connectivity index (χ1v) is 7.80. The van der Waals surface area contributed by atoms with E-state index in [4.69, 9.17) is 10.5 Å². The Kier molecular flexibility index (Phi) is 5.23. The zero-order chi connectivity index (χ0) is 13.9. The molecule has 3 atom stereocenters. The lowest BCUT2D eigenvalue weighted by atomic mass is 9.89. The van der Waals surface area contributed by atoms with Gasteiger partial charge in [-0.2, -0.15) is 0 Å². The first-order chi connectivity index (χ1) is 9.10. The molecule has 0 spiro atoms. The second kappa shape index (κ2) is 6.53. The molecule has 0 saturated carbocycles. The van der Waals surface area contributed by atoms with Gasteiger partial charge in [0.1, 0.15) is 0 Å². The van der Waals surface area contributed by atoms with Crippen molar-refractivity contribution in [1.29, 1.82) is 0 Å². The first-order valence-electron chi connectivity index (χ1n) is 7.80. The minimum atomic E-state index is 0.0823. The van der Waals surface area contributed by atoms with E-state index in [1.54, 1.807) is 7.11 Å². The lowest BCUT2D eigenvalue weighted by Gasteiger charge is -2.53. The first kappa shape index (κ1) is 15.2. The third-order valence-electron chi connectivity index (χ3n) is 5.17. The molecule has 2 N–H and O–H groups in total. The molecule has 3 unspecified atom stereocenters. The Morgan fingerprint density at radius 2 is 2.11 bits per heavy atom. The normalized spacial score (nSPS) is 32.8. The van der Waals surface area contributed by atoms with Gasteiger partial charge in [0.05, 0.1) is 0 Å². The van der Waals surface area contributed by atoms with E-state index in [1.807, 2.05) is 0 Å². The summed E-state index contributed by atoms with van der Waals surface area (Å²) >= 11 is 0. The topological polar surface area (TPSA) is 41.7 Å². The van der Waals surface area contributed by atoms with Crippen LogP contribution in [0.1, 0.15) is 39.5 Å². The van der Waals surface area contributed by atoms with Crippen LogP contribution in [0.5, 0.6) is 0 Å². The van der Waals surface area contributed by atoms with Crippen molar-refractivity contribution in [3.63, 3.8) is 0 Å². The van der Waals surface area contributed by atoms with Crippen LogP contribution in [0.25, 0.3) is 0 Å². The molecule has 4 heteroatoms. The molecule has 112 valence electrons. The van der Waals surface area contributed by atoms with Gasteiger partial charge in [-0.15, -0.1) is 0 Å². The predicted octanol–water partition coefficient (Wildman–Crippen LogP) is 1.30. The molecule has 19 heavy (non-hydrogen) atoms. The lowest BCUT2D eigenvalue weighted by molar-refractivity contribution is -0.0476. The van der Waals surface area contributed by atoms with Gasteiger partial charge in [0.15, 0.2) is 0 Å². The summed E-state index contributed by atoms with van der Waals surface area (Å²) in [6.07, 6.45) is 5.15. The highest BCUT2D eigenvalue weighted by Gasteiger charge is 2.40. The van der Waals surface area contributed by atoms with Crippen LogP contribution in [-0.2, 0) is 4.74 Å². The van der Waals surface area contributed by atoms with Gasteiger partial charge < -0.3 is 10.5 Å². The summed E-state index contributed by atoms with van der Waals surface area (Å²) in [5.41, 5.74) is 6.18. The highest BCUT2D eigenvalue weighted by Crippen LogP contribution is 2.30. The Bertz CT molecular complexity index is 287. The minimum absolute atomic E-state index is 0.0823. The van der Waals surface area contributed by atoms with Crippen LogP contribution in [0.3, 0.4) is 0 Å². The number of hydrogen-bond acceptors (Lipinski definition) is 4. The summed E-state index contributed by atoms with van der Waals surface area (Å²) in [6.45, 7) is 9.84. The molecule has 0 aliphatic carbocycles. The van der Waals surface area contributed by atoms with E-state index < -0.39 is 0 Å². The molecule has 0 amide bonds.